The van der Waals surface area contributed by atoms with Crippen molar-refractivity contribution < 1.29 is 0 Å². The summed E-state index contributed by atoms with van der Waals surface area (Å²) in [4.78, 5) is 0.923. The number of hydrogen-bond donors (Lipinski definition) is 0. The summed E-state index contributed by atoms with van der Waals surface area (Å²) >= 11 is 15.3. The van der Waals surface area contributed by atoms with Crippen LogP contribution in [-0.2, 0) is 0 Å². The maximum Gasteiger partial charge on any atom is 0.191 e. The summed E-state index contributed by atoms with van der Waals surface area (Å²) in [6.45, 7) is 0.727. The zero-order valence-corrected chi connectivity index (χ0v) is 19.3. The number of nitrogens with zero attached hydrogens (tertiary/aromatic N) is 3. The molecule has 0 saturated carbocycles. The van der Waals surface area contributed by atoms with Gasteiger partial charge in [-0.05, 0) is 41.6 Å². The fourth-order valence-corrected chi connectivity index (χ4v) is 4.91. The summed E-state index contributed by atoms with van der Waals surface area (Å²) in [6, 6.07) is 26.0. The highest BCUT2D eigenvalue weighted by Crippen LogP contribution is 2.33. The van der Waals surface area contributed by atoms with Crippen LogP contribution in [0.15, 0.2) is 93.3 Å². The summed E-state index contributed by atoms with van der Waals surface area (Å²) in [6.07, 6.45) is 2.01. The van der Waals surface area contributed by atoms with Crippen LogP contribution in [0, 0.1) is 0 Å². The van der Waals surface area contributed by atoms with E-state index in [4.69, 9.17) is 32.7 Å². The molecule has 0 saturated heterocycles. The van der Waals surface area contributed by atoms with Gasteiger partial charge in [0.25, 0.3) is 0 Å². The Morgan fingerprint density at radius 1 is 0.967 bits per heavy atom. The number of rotatable bonds is 4. The van der Waals surface area contributed by atoms with Crippen LogP contribution in [-0.4, -0.2) is 28.7 Å². The summed E-state index contributed by atoms with van der Waals surface area (Å²) in [5, 5.41) is 9.19. The van der Waals surface area contributed by atoms with E-state index in [1.54, 1.807) is 11.8 Å². The van der Waals surface area contributed by atoms with Crippen LogP contribution < -0.4 is 0 Å². The molecule has 7 heteroatoms. The minimum absolute atomic E-state index is 0.148. The molecule has 4 rings (SSSR count). The monoisotopic (exact) mass is 471 g/mol. The maximum absolute atomic E-state index is 6.28. The van der Waals surface area contributed by atoms with E-state index in [-0.39, 0.29) is 5.92 Å². The lowest BCUT2D eigenvalue weighted by molar-refractivity contribution is 0.485. The van der Waals surface area contributed by atoms with Crippen LogP contribution in [0.2, 0.25) is 10.0 Å². The molecule has 0 spiro atoms. The molecule has 1 aliphatic rings. The Morgan fingerprint density at radius 3 is 2.37 bits per heavy atom. The van der Waals surface area contributed by atoms with E-state index in [1.807, 2.05) is 65.9 Å². The molecule has 3 aromatic rings. The van der Waals surface area contributed by atoms with Crippen LogP contribution in [0.1, 0.15) is 17.0 Å². The lowest BCUT2D eigenvalue weighted by Crippen LogP contribution is -2.23. The Kier molecular flexibility index (Phi) is 7.05. The topological polar surface area (TPSA) is 28.0 Å². The summed E-state index contributed by atoms with van der Waals surface area (Å²) in [7, 11) is 0. The molecule has 1 unspecified atom stereocenters. The predicted octanol–water partition coefficient (Wildman–Crippen LogP) is 7.22. The van der Waals surface area contributed by atoms with Crippen molar-refractivity contribution >= 4 is 57.8 Å². The molecule has 0 bridgehead atoms. The van der Waals surface area contributed by atoms with E-state index in [1.165, 1.54) is 17.5 Å². The molecule has 30 heavy (non-hydrogen) atoms. The number of benzene rings is 3. The van der Waals surface area contributed by atoms with Gasteiger partial charge in [0.2, 0.25) is 0 Å². The normalized spacial score (nSPS) is 16.6. The van der Waals surface area contributed by atoms with Crippen LogP contribution in [0.3, 0.4) is 0 Å². The molecule has 152 valence electrons. The van der Waals surface area contributed by atoms with Crippen LogP contribution >= 0.6 is 46.9 Å². The van der Waals surface area contributed by atoms with Crippen molar-refractivity contribution in [2.24, 2.45) is 9.50 Å². The molecule has 0 fully saturated rings. The molecule has 3 aromatic carbocycles. The van der Waals surface area contributed by atoms with Crippen LogP contribution in [0.25, 0.3) is 0 Å². The predicted molar refractivity (Wildman–Crippen MR) is 132 cm³/mol. The molecule has 0 amide bonds. The molecule has 3 nitrogen and oxygen atoms in total. The van der Waals surface area contributed by atoms with Gasteiger partial charge in [0.05, 0.1) is 17.3 Å². The standard InChI is InChI=1S/C23H19Cl2N3S2/c1-29-23(27-30-21-10-6-5-9-20(21)25)28-15-19(16-7-3-2-4-8-16)22(26-28)17-11-13-18(24)14-12-17/h2-14,19H,15H2,1H3. The van der Waals surface area contributed by atoms with Crippen molar-refractivity contribution in [1.29, 1.82) is 0 Å². The Balaban J connectivity index is 1.66. The maximum atomic E-state index is 6.28. The SMILES string of the molecule is CSC(=NSc1ccccc1Cl)N1CC(c2ccccc2)C(c2ccc(Cl)cc2)=N1. The van der Waals surface area contributed by atoms with E-state index in [0.717, 1.165) is 27.9 Å². The highest BCUT2D eigenvalue weighted by Gasteiger charge is 2.31. The lowest BCUT2D eigenvalue weighted by Gasteiger charge is -2.17. The zero-order chi connectivity index (χ0) is 20.9. The molecule has 1 atom stereocenters. The van der Waals surface area contributed by atoms with Gasteiger partial charge in [0.1, 0.15) is 0 Å². The van der Waals surface area contributed by atoms with Gasteiger partial charge in [-0.3, -0.25) is 0 Å². The molecular formula is C23H19Cl2N3S2. The van der Waals surface area contributed by atoms with E-state index < -0.39 is 0 Å². The Morgan fingerprint density at radius 2 is 1.67 bits per heavy atom. The second kappa shape index (κ2) is 9.92. The van der Waals surface area contributed by atoms with Crippen molar-refractivity contribution in [3.63, 3.8) is 0 Å². The minimum atomic E-state index is 0.148. The summed E-state index contributed by atoms with van der Waals surface area (Å²) in [5.74, 6) is 0.148. The molecule has 0 aliphatic carbocycles. The van der Waals surface area contributed by atoms with Gasteiger partial charge < -0.3 is 0 Å². The van der Waals surface area contributed by atoms with Gasteiger partial charge in [-0.2, -0.15) is 9.50 Å². The fraction of sp³-hybridized carbons (Fsp3) is 0.130. The third-order valence-corrected chi connectivity index (χ3v) is 7.01. The quantitative estimate of drug-likeness (QED) is 0.228. The van der Waals surface area contributed by atoms with Gasteiger partial charge in [-0.1, -0.05) is 89.6 Å². The van der Waals surface area contributed by atoms with E-state index in [0.29, 0.717) is 10.0 Å². The third-order valence-electron chi connectivity index (χ3n) is 4.72. The molecule has 1 heterocycles. The largest absolute Gasteiger partial charge is 0.241 e. The minimum Gasteiger partial charge on any atom is -0.241 e. The first kappa shape index (κ1) is 21.3. The van der Waals surface area contributed by atoms with Crippen molar-refractivity contribution in [1.82, 2.24) is 5.01 Å². The number of hydrazone groups is 1. The van der Waals surface area contributed by atoms with Crippen molar-refractivity contribution in [2.45, 2.75) is 10.8 Å². The fourth-order valence-electron chi connectivity index (χ4n) is 3.25. The van der Waals surface area contributed by atoms with Crippen molar-refractivity contribution in [2.75, 3.05) is 12.8 Å². The smallest absolute Gasteiger partial charge is 0.191 e. The third kappa shape index (κ3) is 4.86. The average molecular weight is 472 g/mol. The summed E-state index contributed by atoms with van der Waals surface area (Å²) in [5.41, 5.74) is 3.31. The second-order valence-corrected chi connectivity index (χ2v) is 9.06. The number of halogens is 2. The zero-order valence-electron chi connectivity index (χ0n) is 16.2. The van der Waals surface area contributed by atoms with Gasteiger partial charge in [0.15, 0.2) is 5.17 Å². The van der Waals surface area contributed by atoms with Crippen LogP contribution in [0.5, 0.6) is 0 Å². The number of amidine groups is 1. The molecule has 0 aromatic heterocycles. The Labute approximate surface area is 195 Å². The molecule has 1 aliphatic heterocycles. The van der Waals surface area contributed by atoms with Gasteiger partial charge >= 0.3 is 0 Å². The highest BCUT2D eigenvalue weighted by molar-refractivity contribution is 8.14. The molecule has 0 N–H and O–H groups in total. The van der Waals surface area contributed by atoms with Crippen molar-refractivity contribution in [3.8, 4) is 0 Å². The van der Waals surface area contributed by atoms with Gasteiger partial charge in [-0.15, -0.1) is 0 Å². The van der Waals surface area contributed by atoms with E-state index >= 15 is 0 Å². The first-order valence-electron chi connectivity index (χ1n) is 9.36. The van der Waals surface area contributed by atoms with E-state index in [2.05, 4.69) is 24.3 Å². The highest BCUT2D eigenvalue weighted by atomic mass is 35.5. The Hall–Kier alpha value is -1.92. The second-order valence-electron chi connectivity index (χ2n) is 6.64. The van der Waals surface area contributed by atoms with Crippen molar-refractivity contribution in [3.05, 3.63) is 100 Å². The first-order chi connectivity index (χ1) is 14.7. The number of thioether (sulfide) groups is 1. The van der Waals surface area contributed by atoms with Gasteiger partial charge in [-0.25, -0.2) is 5.01 Å². The van der Waals surface area contributed by atoms with E-state index in [9.17, 15) is 0 Å². The van der Waals surface area contributed by atoms with Crippen LogP contribution in [0.4, 0.5) is 0 Å². The molecule has 0 radical (unpaired) electrons. The lowest BCUT2D eigenvalue weighted by atomic mass is 9.91. The number of hydrogen-bond acceptors (Lipinski definition) is 4. The first-order valence-corrected chi connectivity index (χ1v) is 12.1. The molecular weight excluding hydrogens is 453 g/mol. The van der Waals surface area contributed by atoms with Gasteiger partial charge in [0, 0.05) is 27.8 Å². The summed E-state index contributed by atoms with van der Waals surface area (Å²) < 4.78 is 4.74. The Bertz CT molecular complexity index is 1070. The average Bonchev–Trinajstić information content (AvgIpc) is 3.22.